The Morgan fingerprint density at radius 2 is 2.17 bits per heavy atom. The molecule has 0 heterocycles. The molecule has 0 saturated carbocycles. The summed E-state index contributed by atoms with van der Waals surface area (Å²) in [5.74, 6) is 0. The number of halogens is 1. The van der Waals surface area contributed by atoms with Crippen molar-refractivity contribution in [1.29, 1.82) is 0 Å². The number of benzene rings is 1. The molecule has 12 heavy (non-hydrogen) atoms. The third-order valence-corrected chi connectivity index (χ3v) is 2.64. The highest BCUT2D eigenvalue weighted by Crippen LogP contribution is 2.17. The van der Waals surface area contributed by atoms with Crippen LogP contribution in [0.1, 0.15) is 18.1 Å². The van der Waals surface area contributed by atoms with E-state index in [-0.39, 0.29) is 6.10 Å². The van der Waals surface area contributed by atoms with Gasteiger partial charge in [-0.05, 0) is 37.5 Å². The van der Waals surface area contributed by atoms with Crippen LogP contribution in [-0.2, 0) is 6.42 Å². The van der Waals surface area contributed by atoms with E-state index in [0.717, 1.165) is 10.9 Å². The fourth-order valence-corrected chi connectivity index (χ4v) is 1.42. The third kappa shape index (κ3) is 2.61. The van der Waals surface area contributed by atoms with E-state index in [1.165, 1.54) is 11.1 Å². The van der Waals surface area contributed by atoms with Crippen LogP contribution < -0.4 is 0 Å². The third-order valence-electron chi connectivity index (χ3n) is 1.75. The van der Waals surface area contributed by atoms with Crippen molar-refractivity contribution in [1.82, 2.24) is 0 Å². The van der Waals surface area contributed by atoms with E-state index in [1.54, 1.807) is 6.92 Å². The number of hydrogen-bond acceptors (Lipinski definition) is 1. The number of aliphatic hydroxyl groups is 1. The van der Waals surface area contributed by atoms with Crippen LogP contribution >= 0.6 is 15.9 Å². The summed E-state index contributed by atoms with van der Waals surface area (Å²) in [7, 11) is 0. The summed E-state index contributed by atoms with van der Waals surface area (Å²) in [5, 5.41) is 9.15. The van der Waals surface area contributed by atoms with E-state index in [1.807, 2.05) is 12.1 Å². The zero-order valence-electron chi connectivity index (χ0n) is 7.34. The SMILES string of the molecule is Cc1cc(CC(C)O)ccc1Br. The van der Waals surface area contributed by atoms with E-state index >= 15 is 0 Å². The molecule has 1 N–H and O–H groups in total. The normalized spacial score (nSPS) is 13.0. The maximum absolute atomic E-state index is 9.15. The zero-order chi connectivity index (χ0) is 9.14. The van der Waals surface area contributed by atoms with E-state index in [4.69, 9.17) is 5.11 Å². The molecule has 1 unspecified atom stereocenters. The van der Waals surface area contributed by atoms with Crippen molar-refractivity contribution in [2.75, 3.05) is 0 Å². The summed E-state index contributed by atoms with van der Waals surface area (Å²) in [5.41, 5.74) is 2.40. The lowest BCUT2D eigenvalue weighted by atomic mass is 10.1. The summed E-state index contributed by atoms with van der Waals surface area (Å²) in [4.78, 5) is 0. The Morgan fingerprint density at radius 1 is 1.50 bits per heavy atom. The minimum Gasteiger partial charge on any atom is -0.393 e. The lowest BCUT2D eigenvalue weighted by Crippen LogP contribution is -2.04. The van der Waals surface area contributed by atoms with Gasteiger partial charge in [0.15, 0.2) is 0 Å². The first-order valence-corrected chi connectivity index (χ1v) is 4.82. The average molecular weight is 229 g/mol. The topological polar surface area (TPSA) is 20.2 Å². The van der Waals surface area contributed by atoms with E-state index in [2.05, 4.69) is 28.9 Å². The molecule has 66 valence electrons. The van der Waals surface area contributed by atoms with Gasteiger partial charge in [0.05, 0.1) is 6.10 Å². The summed E-state index contributed by atoms with van der Waals surface area (Å²) in [6.45, 7) is 3.85. The van der Waals surface area contributed by atoms with Gasteiger partial charge >= 0.3 is 0 Å². The molecular weight excluding hydrogens is 216 g/mol. The van der Waals surface area contributed by atoms with Gasteiger partial charge in [-0.3, -0.25) is 0 Å². The van der Waals surface area contributed by atoms with Crippen LogP contribution in [0.4, 0.5) is 0 Å². The molecule has 2 heteroatoms. The van der Waals surface area contributed by atoms with Crippen LogP contribution in [0, 0.1) is 6.92 Å². The van der Waals surface area contributed by atoms with Gasteiger partial charge in [-0.15, -0.1) is 0 Å². The second-order valence-corrected chi connectivity index (χ2v) is 3.99. The van der Waals surface area contributed by atoms with Crippen LogP contribution in [0.15, 0.2) is 22.7 Å². The van der Waals surface area contributed by atoms with Gasteiger partial charge in [-0.1, -0.05) is 28.1 Å². The van der Waals surface area contributed by atoms with E-state index in [0.29, 0.717) is 0 Å². The molecule has 1 aromatic rings. The van der Waals surface area contributed by atoms with E-state index in [9.17, 15) is 0 Å². The summed E-state index contributed by atoms with van der Waals surface area (Å²) < 4.78 is 1.12. The minimum absolute atomic E-state index is 0.259. The van der Waals surface area contributed by atoms with Crippen molar-refractivity contribution >= 4 is 15.9 Å². The van der Waals surface area contributed by atoms with Crippen LogP contribution in [0.5, 0.6) is 0 Å². The molecule has 0 saturated heterocycles. The van der Waals surface area contributed by atoms with Crippen molar-refractivity contribution in [2.45, 2.75) is 26.4 Å². The second-order valence-electron chi connectivity index (χ2n) is 3.14. The molecule has 0 aliphatic carbocycles. The maximum Gasteiger partial charge on any atom is 0.0552 e. The highest BCUT2D eigenvalue weighted by Gasteiger charge is 2.00. The first-order valence-electron chi connectivity index (χ1n) is 4.02. The molecule has 0 fully saturated rings. The largest absolute Gasteiger partial charge is 0.393 e. The summed E-state index contributed by atoms with van der Waals surface area (Å²) in [6.07, 6.45) is 0.472. The van der Waals surface area contributed by atoms with Crippen molar-refractivity contribution < 1.29 is 5.11 Å². The van der Waals surface area contributed by atoms with Crippen molar-refractivity contribution in [3.63, 3.8) is 0 Å². The Balaban J connectivity index is 2.82. The monoisotopic (exact) mass is 228 g/mol. The van der Waals surface area contributed by atoms with Gasteiger partial charge in [0.2, 0.25) is 0 Å². The molecule has 1 atom stereocenters. The molecule has 0 aliphatic rings. The van der Waals surface area contributed by atoms with Crippen LogP contribution in [0.25, 0.3) is 0 Å². The fraction of sp³-hybridized carbons (Fsp3) is 0.400. The van der Waals surface area contributed by atoms with E-state index < -0.39 is 0 Å². The quantitative estimate of drug-likeness (QED) is 0.826. The molecule has 0 aliphatic heterocycles. The van der Waals surface area contributed by atoms with Gasteiger partial charge in [0.1, 0.15) is 0 Å². The number of aliphatic hydroxyl groups excluding tert-OH is 1. The molecule has 0 bridgehead atoms. The molecule has 1 aromatic carbocycles. The lowest BCUT2D eigenvalue weighted by Gasteiger charge is -2.05. The maximum atomic E-state index is 9.15. The summed E-state index contributed by atoms with van der Waals surface area (Å²) in [6, 6.07) is 6.15. The predicted molar refractivity (Wildman–Crippen MR) is 54.3 cm³/mol. The summed E-state index contributed by atoms with van der Waals surface area (Å²) >= 11 is 3.43. The number of aryl methyl sites for hydroxylation is 1. The van der Waals surface area contributed by atoms with Crippen molar-refractivity contribution in [3.8, 4) is 0 Å². The standard InChI is InChI=1S/C10H13BrO/c1-7-5-9(6-8(2)12)3-4-10(7)11/h3-5,8,12H,6H2,1-2H3. The first-order chi connectivity index (χ1) is 5.59. The Bertz CT molecular complexity index is 269. The fourth-order valence-electron chi connectivity index (χ4n) is 1.17. The molecule has 0 spiro atoms. The van der Waals surface area contributed by atoms with Gasteiger partial charge in [0, 0.05) is 4.47 Å². The Labute approximate surface area is 81.6 Å². The van der Waals surface area contributed by atoms with Gasteiger partial charge in [-0.25, -0.2) is 0 Å². The van der Waals surface area contributed by atoms with Gasteiger partial charge in [0.25, 0.3) is 0 Å². The smallest absolute Gasteiger partial charge is 0.0552 e. The number of rotatable bonds is 2. The Hall–Kier alpha value is -0.340. The van der Waals surface area contributed by atoms with Crippen molar-refractivity contribution in [3.05, 3.63) is 33.8 Å². The van der Waals surface area contributed by atoms with Gasteiger partial charge in [-0.2, -0.15) is 0 Å². The molecule has 1 rings (SSSR count). The lowest BCUT2D eigenvalue weighted by molar-refractivity contribution is 0.195. The molecule has 0 radical (unpaired) electrons. The van der Waals surface area contributed by atoms with Crippen molar-refractivity contribution in [2.24, 2.45) is 0 Å². The molecule has 0 aromatic heterocycles. The van der Waals surface area contributed by atoms with Crippen LogP contribution in [-0.4, -0.2) is 11.2 Å². The van der Waals surface area contributed by atoms with Crippen LogP contribution in [0.2, 0.25) is 0 Å². The molecule has 0 amide bonds. The van der Waals surface area contributed by atoms with Gasteiger partial charge < -0.3 is 5.11 Å². The predicted octanol–water partition coefficient (Wildman–Crippen LogP) is 2.68. The molecule has 1 nitrogen and oxygen atoms in total. The van der Waals surface area contributed by atoms with Crippen LogP contribution in [0.3, 0.4) is 0 Å². The highest BCUT2D eigenvalue weighted by molar-refractivity contribution is 9.10. The average Bonchev–Trinajstić information content (AvgIpc) is 1.96. The highest BCUT2D eigenvalue weighted by atomic mass is 79.9. The Morgan fingerprint density at radius 3 is 2.67 bits per heavy atom. The Kier molecular flexibility index (Phi) is 3.29. The zero-order valence-corrected chi connectivity index (χ0v) is 8.93. The minimum atomic E-state index is -0.259. The number of hydrogen-bond donors (Lipinski definition) is 1. The second kappa shape index (κ2) is 4.06. The first kappa shape index (κ1) is 9.75. The molecular formula is C10H13BrO.